The van der Waals surface area contributed by atoms with Crippen molar-refractivity contribution in [2.24, 2.45) is 5.92 Å². The van der Waals surface area contributed by atoms with Crippen molar-refractivity contribution in [3.05, 3.63) is 0 Å². The molecule has 1 aliphatic rings. The molecule has 0 radical (unpaired) electrons. The molecule has 0 bridgehead atoms. The molecule has 0 saturated carbocycles. The zero-order chi connectivity index (χ0) is 11.3. The highest BCUT2D eigenvalue weighted by molar-refractivity contribution is 5.85. The summed E-state index contributed by atoms with van der Waals surface area (Å²) in [5, 5.41) is 6.08. The van der Waals surface area contributed by atoms with Crippen LogP contribution >= 0.6 is 12.4 Å². The molecule has 1 amide bonds. The third kappa shape index (κ3) is 5.68. The molecule has 0 aromatic carbocycles. The van der Waals surface area contributed by atoms with Gasteiger partial charge in [0.1, 0.15) is 0 Å². The Kier molecular flexibility index (Phi) is 7.72. The molecule has 0 aromatic rings. The molecule has 1 fully saturated rings. The first-order chi connectivity index (χ1) is 7.09. The minimum Gasteiger partial charge on any atom is -0.375 e. The zero-order valence-electron chi connectivity index (χ0n) is 10.3. The van der Waals surface area contributed by atoms with Crippen LogP contribution in [-0.2, 0) is 9.53 Å². The molecule has 1 saturated heterocycles. The molecule has 16 heavy (non-hydrogen) atoms. The maximum Gasteiger partial charge on any atom is 0.222 e. The van der Waals surface area contributed by atoms with E-state index in [2.05, 4.69) is 24.5 Å². The van der Waals surface area contributed by atoms with E-state index in [0.717, 1.165) is 13.1 Å². The van der Waals surface area contributed by atoms with E-state index in [1.54, 1.807) is 0 Å². The van der Waals surface area contributed by atoms with E-state index in [9.17, 15) is 4.79 Å². The van der Waals surface area contributed by atoms with Crippen molar-refractivity contribution < 1.29 is 9.53 Å². The summed E-state index contributed by atoms with van der Waals surface area (Å²) in [6.07, 6.45) is 0.786. The van der Waals surface area contributed by atoms with Crippen molar-refractivity contribution in [3.63, 3.8) is 0 Å². The minimum atomic E-state index is 0. The van der Waals surface area contributed by atoms with E-state index in [4.69, 9.17) is 4.74 Å². The lowest BCUT2D eigenvalue weighted by molar-refractivity contribution is -0.123. The van der Waals surface area contributed by atoms with Gasteiger partial charge in [-0.2, -0.15) is 0 Å². The van der Waals surface area contributed by atoms with Crippen LogP contribution in [0.3, 0.4) is 0 Å². The lowest BCUT2D eigenvalue weighted by Crippen LogP contribution is -2.48. The van der Waals surface area contributed by atoms with Gasteiger partial charge in [0.25, 0.3) is 0 Å². The largest absolute Gasteiger partial charge is 0.375 e. The van der Waals surface area contributed by atoms with Crippen LogP contribution in [-0.4, -0.2) is 37.7 Å². The molecule has 1 heterocycles. The van der Waals surface area contributed by atoms with Gasteiger partial charge in [-0.25, -0.2) is 0 Å². The fraction of sp³-hybridized carbons (Fsp3) is 0.909. The smallest absolute Gasteiger partial charge is 0.222 e. The first-order valence-electron chi connectivity index (χ1n) is 5.71. The lowest BCUT2D eigenvalue weighted by atomic mass is 10.1. The van der Waals surface area contributed by atoms with E-state index < -0.39 is 0 Å². The van der Waals surface area contributed by atoms with Crippen molar-refractivity contribution in [2.45, 2.75) is 39.3 Å². The molecule has 96 valence electrons. The van der Waals surface area contributed by atoms with Gasteiger partial charge in [0, 0.05) is 25.6 Å². The molecule has 1 unspecified atom stereocenters. The molecule has 0 aliphatic carbocycles. The van der Waals surface area contributed by atoms with Crippen LogP contribution in [0.5, 0.6) is 0 Å². The van der Waals surface area contributed by atoms with Gasteiger partial charge in [-0.1, -0.05) is 13.8 Å². The maximum atomic E-state index is 11.4. The Morgan fingerprint density at radius 2 is 2.06 bits per heavy atom. The summed E-state index contributed by atoms with van der Waals surface area (Å²) in [7, 11) is 0. The van der Waals surface area contributed by atoms with Crippen LogP contribution in [0, 0.1) is 5.92 Å². The standard InChI is InChI=1S/C11H22N2O2.ClH/c1-8(2)9(3)13-11(14)4-5-15-10-6-12-7-10;/h8-10,12H,4-7H2,1-3H3,(H,13,14);1H. The first kappa shape index (κ1) is 15.7. The summed E-state index contributed by atoms with van der Waals surface area (Å²) in [4.78, 5) is 11.4. The molecule has 2 N–H and O–H groups in total. The number of halogens is 1. The summed E-state index contributed by atoms with van der Waals surface area (Å²) in [5.41, 5.74) is 0. The van der Waals surface area contributed by atoms with E-state index >= 15 is 0 Å². The SMILES string of the molecule is CC(C)C(C)NC(=O)CCOC1CNC1.Cl. The van der Waals surface area contributed by atoms with E-state index in [1.165, 1.54) is 0 Å². The molecule has 0 aromatic heterocycles. The van der Waals surface area contributed by atoms with E-state index in [0.29, 0.717) is 25.0 Å². The van der Waals surface area contributed by atoms with Crippen molar-refractivity contribution >= 4 is 18.3 Å². The van der Waals surface area contributed by atoms with E-state index in [-0.39, 0.29) is 24.4 Å². The number of hydrogen-bond acceptors (Lipinski definition) is 3. The topological polar surface area (TPSA) is 50.4 Å². The predicted molar refractivity (Wildman–Crippen MR) is 66.9 cm³/mol. The Bertz CT molecular complexity index is 208. The number of amides is 1. The average molecular weight is 251 g/mol. The van der Waals surface area contributed by atoms with Gasteiger partial charge in [-0.15, -0.1) is 12.4 Å². The van der Waals surface area contributed by atoms with E-state index in [1.807, 2.05) is 6.92 Å². The third-order valence-electron chi connectivity index (χ3n) is 2.82. The second kappa shape index (κ2) is 7.87. The van der Waals surface area contributed by atoms with Gasteiger partial charge >= 0.3 is 0 Å². The normalized spacial score (nSPS) is 17.5. The fourth-order valence-corrected chi connectivity index (χ4v) is 1.19. The Balaban J connectivity index is 0.00000225. The van der Waals surface area contributed by atoms with Crippen LogP contribution in [0.25, 0.3) is 0 Å². The fourth-order valence-electron chi connectivity index (χ4n) is 1.19. The van der Waals surface area contributed by atoms with Crippen molar-refractivity contribution in [3.8, 4) is 0 Å². The quantitative estimate of drug-likeness (QED) is 0.738. The Morgan fingerprint density at radius 1 is 1.44 bits per heavy atom. The van der Waals surface area contributed by atoms with Crippen LogP contribution in [0.1, 0.15) is 27.2 Å². The minimum absolute atomic E-state index is 0. The monoisotopic (exact) mass is 250 g/mol. The van der Waals surface area contributed by atoms with Crippen molar-refractivity contribution in [1.82, 2.24) is 10.6 Å². The van der Waals surface area contributed by atoms with Gasteiger partial charge in [0.15, 0.2) is 0 Å². The number of rotatable bonds is 6. The third-order valence-corrected chi connectivity index (χ3v) is 2.82. The first-order valence-corrected chi connectivity index (χ1v) is 5.71. The number of carbonyl (C=O) groups excluding carboxylic acids is 1. The highest BCUT2D eigenvalue weighted by Crippen LogP contribution is 2.01. The predicted octanol–water partition coefficient (Wildman–Crippen LogP) is 0.947. The summed E-state index contributed by atoms with van der Waals surface area (Å²) in [6, 6.07) is 0.239. The van der Waals surface area contributed by atoms with Crippen molar-refractivity contribution in [1.29, 1.82) is 0 Å². The summed E-state index contributed by atoms with van der Waals surface area (Å²) in [5.74, 6) is 0.564. The maximum absolute atomic E-state index is 11.4. The number of ether oxygens (including phenoxy) is 1. The van der Waals surface area contributed by atoms with Gasteiger partial charge in [0.05, 0.1) is 12.7 Å². The summed E-state index contributed by atoms with van der Waals surface area (Å²) < 4.78 is 5.47. The Hall–Kier alpha value is -0.320. The number of carbonyl (C=O) groups is 1. The van der Waals surface area contributed by atoms with Crippen molar-refractivity contribution in [2.75, 3.05) is 19.7 Å². The second-order valence-corrected chi connectivity index (χ2v) is 4.50. The zero-order valence-corrected chi connectivity index (χ0v) is 11.1. The summed E-state index contributed by atoms with van der Waals surface area (Å²) in [6.45, 7) is 8.60. The highest BCUT2D eigenvalue weighted by Gasteiger charge is 2.17. The molecular weight excluding hydrogens is 228 g/mol. The molecule has 0 spiro atoms. The number of hydrogen-bond donors (Lipinski definition) is 2. The van der Waals surface area contributed by atoms with Crippen LogP contribution in [0.15, 0.2) is 0 Å². The second-order valence-electron chi connectivity index (χ2n) is 4.50. The van der Waals surface area contributed by atoms with Gasteiger partial charge in [-0.3, -0.25) is 4.79 Å². The Morgan fingerprint density at radius 3 is 2.50 bits per heavy atom. The van der Waals surface area contributed by atoms with Gasteiger partial charge in [-0.05, 0) is 12.8 Å². The van der Waals surface area contributed by atoms with Gasteiger partial charge < -0.3 is 15.4 Å². The van der Waals surface area contributed by atoms with Crippen LogP contribution in [0.2, 0.25) is 0 Å². The molecule has 1 aliphatic heterocycles. The molecule has 1 rings (SSSR count). The average Bonchev–Trinajstić information content (AvgIpc) is 2.09. The lowest BCUT2D eigenvalue weighted by Gasteiger charge is -2.27. The highest BCUT2D eigenvalue weighted by atomic mass is 35.5. The molecule has 4 nitrogen and oxygen atoms in total. The molecule has 5 heteroatoms. The van der Waals surface area contributed by atoms with Crippen LogP contribution in [0.4, 0.5) is 0 Å². The molecule has 1 atom stereocenters. The Labute approximate surface area is 104 Å². The summed E-state index contributed by atoms with van der Waals surface area (Å²) >= 11 is 0. The van der Waals surface area contributed by atoms with Crippen LogP contribution < -0.4 is 10.6 Å². The number of nitrogens with one attached hydrogen (secondary N) is 2. The molecular formula is C11H23ClN2O2. The van der Waals surface area contributed by atoms with Gasteiger partial charge in [0.2, 0.25) is 5.91 Å².